The largest absolute Gasteiger partial charge is 0.310 e. The monoisotopic (exact) mass is 182 g/mol. The van der Waals surface area contributed by atoms with Gasteiger partial charge in [0, 0.05) is 6.54 Å². The van der Waals surface area contributed by atoms with Gasteiger partial charge in [-0.25, -0.2) is 4.98 Å². The van der Waals surface area contributed by atoms with Crippen LogP contribution in [-0.4, -0.2) is 21.3 Å². The summed E-state index contributed by atoms with van der Waals surface area (Å²) in [5, 5.41) is 7.52. The summed E-state index contributed by atoms with van der Waals surface area (Å²) in [6.45, 7) is 9.09. The van der Waals surface area contributed by atoms with E-state index < -0.39 is 0 Å². The Morgan fingerprint density at radius 1 is 1.54 bits per heavy atom. The van der Waals surface area contributed by atoms with Crippen molar-refractivity contribution in [2.75, 3.05) is 6.54 Å². The van der Waals surface area contributed by atoms with E-state index in [4.69, 9.17) is 0 Å². The average molecular weight is 182 g/mol. The van der Waals surface area contributed by atoms with Crippen LogP contribution in [0.3, 0.4) is 0 Å². The number of rotatable bonds is 5. The van der Waals surface area contributed by atoms with Crippen molar-refractivity contribution in [2.24, 2.45) is 5.92 Å². The number of nitrogens with zero attached hydrogens (tertiary/aromatic N) is 3. The lowest BCUT2D eigenvalue weighted by molar-refractivity contribution is 0.478. The SMILES string of the molecule is CCNCc1ncn(CC(C)C)n1. The zero-order chi connectivity index (χ0) is 9.68. The lowest BCUT2D eigenvalue weighted by Gasteiger charge is -2.02. The number of nitrogens with one attached hydrogen (secondary N) is 1. The standard InChI is InChI=1S/C9H18N4/c1-4-10-5-9-11-7-13(12-9)6-8(2)3/h7-8,10H,4-6H2,1-3H3. The van der Waals surface area contributed by atoms with Crippen LogP contribution in [0.2, 0.25) is 0 Å². The molecular formula is C9H18N4. The molecule has 1 aromatic rings. The summed E-state index contributed by atoms with van der Waals surface area (Å²) in [5.74, 6) is 1.50. The first-order chi connectivity index (χ1) is 6.22. The Morgan fingerprint density at radius 2 is 2.31 bits per heavy atom. The van der Waals surface area contributed by atoms with Crippen LogP contribution in [0.25, 0.3) is 0 Å². The molecule has 0 aliphatic rings. The first kappa shape index (κ1) is 10.2. The Morgan fingerprint density at radius 3 is 2.92 bits per heavy atom. The molecule has 1 N–H and O–H groups in total. The van der Waals surface area contributed by atoms with Crippen LogP contribution in [0, 0.1) is 5.92 Å². The van der Waals surface area contributed by atoms with E-state index in [0.717, 1.165) is 25.5 Å². The smallest absolute Gasteiger partial charge is 0.164 e. The summed E-state index contributed by atoms with van der Waals surface area (Å²) >= 11 is 0. The highest BCUT2D eigenvalue weighted by Crippen LogP contribution is 1.97. The fraction of sp³-hybridized carbons (Fsp3) is 0.778. The van der Waals surface area contributed by atoms with Crippen molar-refractivity contribution in [2.45, 2.75) is 33.9 Å². The molecule has 0 radical (unpaired) electrons. The van der Waals surface area contributed by atoms with Gasteiger partial charge in [0.15, 0.2) is 5.82 Å². The average Bonchev–Trinajstić information content (AvgIpc) is 2.48. The molecule has 0 fully saturated rings. The maximum absolute atomic E-state index is 4.33. The van der Waals surface area contributed by atoms with E-state index in [1.54, 1.807) is 6.33 Å². The lowest BCUT2D eigenvalue weighted by atomic mass is 10.2. The van der Waals surface area contributed by atoms with Gasteiger partial charge in [0.05, 0.1) is 6.54 Å². The van der Waals surface area contributed by atoms with E-state index in [-0.39, 0.29) is 0 Å². The molecule has 0 saturated heterocycles. The molecule has 0 spiro atoms. The summed E-state index contributed by atoms with van der Waals surface area (Å²) in [6.07, 6.45) is 1.80. The van der Waals surface area contributed by atoms with Crippen molar-refractivity contribution >= 4 is 0 Å². The van der Waals surface area contributed by atoms with Gasteiger partial charge in [-0.1, -0.05) is 20.8 Å². The van der Waals surface area contributed by atoms with Crippen molar-refractivity contribution in [1.82, 2.24) is 20.1 Å². The molecule has 4 nitrogen and oxygen atoms in total. The third-order valence-corrected chi connectivity index (χ3v) is 1.67. The molecular weight excluding hydrogens is 164 g/mol. The normalized spacial score (nSPS) is 11.1. The van der Waals surface area contributed by atoms with Crippen LogP contribution in [-0.2, 0) is 13.1 Å². The predicted octanol–water partition coefficient (Wildman–Crippen LogP) is 1.04. The van der Waals surface area contributed by atoms with E-state index in [1.165, 1.54) is 0 Å². The minimum absolute atomic E-state index is 0.619. The number of aromatic nitrogens is 3. The number of hydrogen-bond donors (Lipinski definition) is 1. The van der Waals surface area contributed by atoms with E-state index in [9.17, 15) is 0 Å². The molecule has 0 unspecified atom stereocenters. The summed E-state index contributed by atoms with van der Waals surface area (Å²) < 4.78 is 1.90. The van der Waals surface area contributed by atoms with Crippen molar-refractivity contribution in [1.29, 1.82) is 0 Å². The quantitative estimate of drug-likeness (QED) is 0.740. The molecule has 1 aromatic heterocycles. The van der Waals surface area contributed by atoms with Gasteiger partial charge in [-0.2, -0.15) is 5.10 Å². The molecule has 74 valence electrons. The first-order valence-electron chi connectivity index (χ1n) is 4.81. The van der Waals surface area contributed by atoms with Gasteiger partial charge in [-0.3, -0.25) is 4.68 Å². The molecule has 0 aliphatic carbocycles. The Labute approximate surface area is 79.4 Å². The van der Waals surface area contributed by atoms with E-state index in [2.05, 4.69) is 36.2 Å². The fourth-order valence-corrected chi connectivity index (χ4v) is 1.11. The van der Waals surface area contributed by atoms with Crippen LogP contribution in [0.5, 0.6) is 0 Å². The molecule has 0 atom stereocenters. The zero-order valence-electron chi connectivity index (χ0n) is 8.62. The Balaban J connectivity index is 2.44. The molecule has 0 aromatic carbocycles. The second-order valence-electron chi connectivity index (χ2n) is 3.56. The van der Waals surface area contributed by atoms with Crippen LogP contribution >= 0.6 is 0 Å². The van der Waals surface area contributed by atoms with Gasteiger partial charge < -0.3 is 5.32 Å². The molecule has 0 saturated carbocycles. The first-order valence-corrected chi connectivity index (χ1v) is 4.81. The van der Waals surface area contributed by atoms with Gasteiger partial charge >= 0.3 is 0 Å². The second-order valence-corrected chi connectivity index (χ2v) is 3.56. The fourth-order valence-electron chi connectivity index (χ4n) is 1.11. The van der Waals surface area contributed by atoms with E-state index in [1.807, 2.05) is 4.68 Å². The highest BCUT2D eigenvalue weighted by molar-refractivity contribution is 4.80. The summed E-state index contributed by atoms with van der Waals surface area (Å²) in [7, 11) is 0. The van der Waals surface area contributed by atoms with Crippen LogP contribution < -0.4 is 5.32 Å². The van der Waals surface area contributed by atoms with E-state index in [0.29, 0.717) is 5.92 Å². The van der Waals surface area contributed by atoms with Gasteiger partial charge in [0.2, 0.25) is 0 Å². The van der Waals surface area contributed by atoms with Gasteiger partial charge in [-0.15, -0.1) is 0 Å². The minimum atomic E-state index is 0.619. The molecule has 13 heavy (non-hydrogen) atoms. The van der Waals surface area contributed by atoms with Crippen LogP contribution in [0.1, 0.15) is 26.6 Å². The minimum Gasteiger partial charge on any atom is -0.310 e. The second kappa shape index (κ2) is 4.97. The summed E-state index contributed by atoms with van der Waals surface area (Å²) in [5.41, 5.74) is 0. The molecule has 0 amide bonds. The topological polar surface area (TPSA) is 42.7 Å². The molecule has 4 heteroatoms. The van der Waals surface area contributed by atoms with Gasteiger partial charge in [-0.05, 0) is 12.5 Å². The highest BCUT2D eigenvalue weighted by Gasteiger charge is 2.01. The van der Waals surface area contributed by atoms with Gasteiger partial charge in [0.25, 0.3) is 0 Å². The maximum Gasteiger partial charge on any atom is 0.164 e. The molecule has 1 rings (SSSR count). The third-order valence-electron chi connectivity index (χ3n) is 1.67. The van der Waals surface area contributed by atoms with Gasteiger partial charge in [0.1, 0.15) is 6.33 Å². The third kappa shape index (κ3) is 3.55. The van der Waals surface area contributed by atoms with Crippen LogP contribution in [0.15, 0.2) is 6.33 Å². The van der Waals surface area contributed by atoms with E-state index >= 15 is 0 Å². The Kier molecular flexibility index (Phi) is 3.89. The molecule has 0 aliphatic heterocycles. The summed E-state index contributed by atoms with van der Waals surface area (Å²) in [4.78, 5) is 4.20. The van der Waals surface area contributed by atoms with Crippen LogP contribution in [0.4, 0.5) is 0 Å². The predicted molar refractivity (Wildman–Crippen MR) is 52.2 cm³/mol. The lowest BCUT2D eigenvalue weighted by Crippen LogP contribution is -2.13. The number of hydrogen-bond acceptors (Lipinski definition) is 3. The molecule has 0 bridgehead atoms. The molecule has 1 heterocycles. The summed E-state index contributed by atoms with van der Waals surface area (Å²) in [6, 6.07) is 0. The Bertz CT molecular complexity index is 242. The van der Waals surface area contributed by atoms with Crippen molar-refractivity contribution in [3.63, 3.8) is 0 Å². The Hall–Kier alpha value is -0.900. The van der Waals surface area contributed by atoms with Crippen molar-refractivity contribution in [3.05, 3.63) is 12.2 Å². The van der Waals surface area contributed by atoms with Crippen molar-refractivity contribution in [3.8, 4) is 0 Å². The highest BCUT2D eigenvalue weighted by atomic mass is 15.3. The van der Waals surface area contributed by atoms with Crippen molar-refractivity contribution < 1.29 is 0 Å². The zero-order valence-corrected chi connectivity index (χ0v) is 8.62. The maximum atomic E-state index is 4.33.